The van der Waals surface area contributed by atoms with Crippen molar-refractivity contribution in [3.05, 3.63) is 0 Å². The molecule has 1 N–H and O–H groups in total. The molecule has 0 aliphatic heterocycles. The summed E-state index contributed by atoms with van der Waals surface area (Å²) in [6.07, 6.45) is 1.72. The van der Waals surface area contributed by atoms with Gasteiger partial charge in [0.05, 0.1) is 0 Å². The van der Waals surface area contributed by atoms with Crippen molar-refractivity contribution in [3.8, 4) is 0 Å². The van der Waals surface area contributed by atoms with E-state index in [0.29, 0.717) is 0 Å². The fourth-order valence-electron chi connectivity index (χ4n) is 0.0713. The van der Waals surface area contributed by atoms with Crippen molar-refractivity contribution < 1.29 is 9.90 Å². The molecule has 0 unspecified atom stereocenters. The summed E-state index contributed by atoms with van der Waals surface area (Å²) in [5.41, 5.74) is 0. The third-order valence-electron chi connectivity index (χ3n) is 0.155. The van der Waals surface area contributed by atoms with E-state index >= 15 is 0 Å². The second kappa shape index (κ2) is 3.36. The fourth-order valence-corrected chi connectivity index (χ4v) is 0.642. The maximum absolute atomic E-state index is 9.54. The van der Waals surface area contributed by atoms with E-state index in [-0.39, 0.29) is 0 Å². The van der Waals surface area contributed by atoms with Crippen LogP contribution in [0.3, 0.4) is 0 Å². The smallest absolute Gasteiger partial charge is 0.375 e. The lowest BCUT2D eigenvalue weighted by molar-refractivity contribution is 0.222. The Morgan fingerprint density at radius 1 is 1.83 bits per heavy atom. The highest BCUT2D eigenvalue weighted by molar-refractivity contribution is 8.81. The monoisotopic (exact) mass is 124 g/mol. The molecule has 0 aromatic rings. The van der Waals surface area contributed by atoms with Gasteiger partial charge >= 0.3 is 5.30 Å². The fraction of sp³-hybridized carbons (Fsp3) is 0.500. The molecular formula is C2H4O2S2. The van der Waals surface area contributed by atoms with E-state index in [0.717, 1.165) is 10.8 Å². The number of carboxylic acid groups (broad SMARTS) is 1. The molecule has 0 saturated carbocycles. The maximum Gasteiger partial charge on any atom is 0.375 e. The van der Waals surface area contributed by atoms with Gasteiger partial charge < -0.3 is 5.11 Å². The van der Waals surface area contributed by atoms with Crippen LogP contribution in [0.5, 0.6) is 0 Å². The molecule has 0 fully saturated rings. The highest BCUT2D eigenvalue weighted by Crippen LogP contribution is 2.16. The molecule has 4 heteroatoms. The zero-order valence-electron chi connectivity index (χ0n) is 3.17. The van der Waals surface area contributed by atoms with Crippen molar-refractivity contribution in [2.75, 3.05) is 6.26 Å². The van der Waals surface area contributed by atoms with Gasteiger partial charge in [0.1, 0.15) is 0 Å². The quantitative estimate of drug-likeness (QED) is 0.539. The molecule has 0 atom stereocenters. The van der Waals surface area contributed by atoms with E-state index in [9.17, 15) is 4.79 Å². The van der Waals surface area contributed by atoms with Crippen LogP contribution < -0.4 is 0 Å². The molecule has 0 rings (SSSR count). The Hall–Kier alpha value is 0.170. The van der Waals surface area contributed by atoms with E-state index < -0.39 is 5.30 Å². The van der Waals surface area contributed by atoms with Gasteiger partial charge in [0.15, 0.2) is 0 Å². The normalized spacial score (nSPS) is 8.17. The minimum atomic E-state index is -0.831. The highest BCUT2D eigenvalue weighted by Gasteiger charge is 1.89. The summed E-state index contributed by atoms with van der Waals surface area (Å²) in [4.78, 5) is 9.54. The summed E-state index contributed by atoms with van der Waals surface area (Å²) in [6, 6.07) is 0. The van der Waals surface area contributed by atoms with E-state index in [2.05, 4.69) is 0 Å². The highest BCUT2D eigenvalue weighted by atomic mass is 33.1. The largest absolute Gasteiger partial charge is 0.473 e. The molecule has 0 aromatic carbocycles. The van der Waals surface area contributed by atoms with Gasteiger partial charge in [0.25, 0.3) is 0 Å². The molecule has 0 aliphatic rings. The van der Waals surface area contributed by atoms with Crippen LogP contribution in [0.2, 0.25) is 0 Å². The maximum atomic E-state index is 9.54. The van der Waals surface area contributed by atoms with Gasteiger partial charge in [-0.25, -0.2) is 4.79 Å². The Morgan fingerprint density at radius 3 is 2.33 bits per heavy atom. The first-order chi connectivity index (χ1) is 2.77. The van der Waals surface area contributed by atoms with Crippen molar-refractivity contribution in [1.29, 1.82) is 0 Å². The summed E-state index contributed by atoms with van der Waals surface area (Å²) >= 11 is 0. The predicted molar refractivity (Wildman–Crippen MR) is 29.1 cm³/mol. The molecule has 0 radical (unpaired) electrons. The third kappa shape index (κ3) is 4.17. The Labute approximate surface area is 43.7 Å². The zero-order chi connectivity index (χ0) is 4.99. The van der Waals surface area contributed by atoms with Gasteiger partial charge in [-0.1, -0.05) is 10.8 Å². The van der Waals surface area contributed by atoms with E-state index in [1.165, 1.54) is 10.8 Å². The molecule has 36 valence electrons. The first-order valence-corrected chi connectivity index (χ1v) is 3.76. The van der Waals surface area contributed by atoms with Gasteiger partial charge in [0, 0.05) is 10.8 Å². The van der Waals surface area contributed by atoms with Crippen LogP contribution in [-0.4, -0.2) is 16.7 Å². The van der Waals surface area contributed by atoms with Crippen LogP contribution >= 0.6 is 21.6 Å². The minimum absolute atomic E-state index is 0.819. The molecule has 0 aliphatic carbocycles. The lowest BCUT2D eigenvalue weighted by Gasteiger charge is -1.78. The van der Waals surface area contributed by atoms with E-state index in [1.807, 2.05) is 0 Å². The van der Waals surface area contributed by atoms with Gasteiger partial charge in [-0.2, -0.15) is 0 Å². The minimum Gasteiger partial charge on any atom is -0.473 e. The molecule has 0 heterocycles. The average molecular weight is 124 g/mol. The Kier molecular flexibility index (Phi) is 3.46. The standard InChI is InChI=1S/C2H4O2S2/c1-5-6-2(3)4/h1H3,(H,3,4). The molecule has 0 amide bonds. The van der Waals surface area contributed by atoms with Gasteiger partial charge in [-0.05, 0) is 6.26 Å². The number of hydrogen-bond acceptors (Lipinski definition) is 3. The molecule has 6 heavy (non-hydrogen) atoms. The Bertz CT molecular complexity index is 53.5. The molecule has 0 spiro atoms. The summed E-state index contributed by atoms with van der Waals surface area (Å²) in [5, 5.41) is 7.02. The Morgan fingerprint density at radius 2 is 2.33 bits per heavy atom. The van der Waals surface area contributed by atoms with Gasteiger partial charge in [0.2, 0.25) is 0 Å². The summed E-state index contributed by atoms with van der Waals surface area (Å²) in [6.45, 7) is 0. The molecule has 0 saturated heterocycles. The topological polar surface area (TPSA) is 37.3 Å². The van der Waals surface area contributed by atoms with Crippen LogP contribution in [0.4, 0.5) is 4.79 Å². The molecule has 0 aromatic heterocycles. The zero-order valence-corrected chi connectivity index (χ0v) is 4.80. The van der Waals surface area contributed by atoms with Gasteiger partial charge in [-0.15, -0.1) is 0 Å². The average Bonchev–Trinajstić information content (AvgIpc) is 1.35. The van der Waals surface area contributed by atoms with Crippen LogP contribution in [-0.2, 0) is 0 Å². The van der Waals surface area contributed by atoms with E-state index in [4.69, 9.17) is 5.11 Å². The number of hydrogen-bond donors (Lipinski definition) is 1. The van der Waals surface area contributed by atoms with E-state index in [1.54, 1.807) is 6.26 Å². The third-order valence-corrected chi connectivity index (χ3v) is 1.39. The van der Waals surface area contributed by atoms with Crippen LogP contribution in [0.15, 0.2) is 0 Å². The molecule has 2 nitrogen and oxygen atoms in total. The first kappa shape index (κ1) is 6.17. The van der Waals surface area contributed by atoms with Crippen LogP contribution in [0.25, 0.3) is 0 Å². The lowest BCUT2D eigenvalue weighted by Crippen LogP contribution is -1.74. The lowest BCUT2D eigenvalue weighted by atomic mass is 11.6. The summed E-state index contributed by atoms with van der Waals surface area (Å²) in [5.74, 6) is 0. The van der Waals surface area contributed by atoms with Crippen molar-refractivity contribution in [2.24, 2.45) is 0 Å². The van der Waals surface area contributed by atoms with Crippen LogP contribution in [0, 0.1) is 0 Å². The molecule has 0 bridgehead atoms. The number of carbonyl (C=O) groups is 1. The van der Waals surface area contributed by atoms with Crippen LogP contribution in [0.1, 0.15) is 0 Å². The van der Waals surface area contributed by atoms with Gasteiger partial charge in [-0.3, -0.25) is 0 Å². The van der Waals surface area contributed by atoms with Crippen molar-refractivity contribution in [2.45, 2.75) is 0 Å². The predicted octanol–water partition coefficient (Wildman–Crippen LogP) is 1.68. The van der Waals surface area contributed by atoms with Crippen molar-refractivity contribution in [3.63, 3.8) is 0 Å². The number of rotatable bonds is 1. The van der Waals surface area contributed by atoms with Crippen molar-refractivity contribution in [1.82, 2.24) is 0 Å². The summed E-state index contributed by atoms with van der Waals surface area (Å²) < 4.78 is 0. The first-order valence-electron chi connectivity index (χ1n) is 1.21. The second-order valence-corrected chi connectivity index (χ2v) is 2.87. The summed E-state index contributed by atoms with van der Waals surface area (Å²) in [7, 11) is 2.05. The second-order valence-electron chi connectivity index (χ2n) is 0.516. The molecular weight excluding hydrogens is 120 g/mol. The SMILES string of the molecule is CSSC(=O)O. The Balaban J connectivity index is 2.83. The van der Waals surface area contributed by atoms with Crippen molar-refractivity contribution >= 4 is 26.9 Å².